The average Bonchev–Trinajstić information content (AvgIpc) is 2.63. The number of benzene rings is 1. The zero-order valence-electron chi connectivity index (χ0n) is 15.8. The van der Waals surface area contributed by atoms with Crippen molar-refractivity contribution >= 4 is 23.1 Å². The summed E-state index contributed by atoms with van der Waals surface area (Å²) in [7, 11) is 1.89. The van der Waals surface area contributed by atoms with E-state index in [0.29, 0.717) is 18.8 Å². The minimum absolute atomic E-state index is 0.0455. The van der Waals surface area contributed by atoms with Gasteiger partial charge in [-0.2, -0.15) is 0 Å². The molecule has 2 aromatic rings. The van der Waals surface area contributed by atoms with Crippen molar-refractivity contribution in [2.45, 2.75) is 31.9 Å². The Morgan fingerprint density at radius 3 is 2.71 bits per heavy atom. The second-order valence-corrected chi connectivity index (χ2v) is 7.18. The van der Waals surface area contributed by atoms with E-state index in [1.807, 2.05) is 24.9 Å². The summed E-state index contributed by atoms with van der Waals surface area (Å²) >= 11 is 0. The van der Waals surface area contributed by atoms with Gasteiger partial charge in [-0.1, -0.05) is 0 Å². The Bertz CT molecular complexity index is 902. The molecule has 0 unspecified atom stereocenters. The smallest absolute Gasteiger partial charge is 0.246 e. The first-order valence-corrected chi connectivity index (χ1v) is 9.34. The second kappa shape index (κ2) is 7.26. The number of aromatic nitrogens is 1. The Hall–Kier alpha value is -2.90. The highest BCUT2D eigenvalue weighted by Crippen LogP contribution is 2.35. The first kappa shape index (κ1) is 18.5. The fourth-order valence-corrected chi connectivity index (χ4v) is 3.62. The highest BCUT2D eigenvalue weighted by atomic mass is 19.2. The van der Waals surface area contributed by atoms with Crippen LogP contribution in [0.2, 0.25) is 0 Å². The number of hydrogen-bond acceptors (Lipinski definition) is 5. The van der Waals surface area contributed by atoms with Crippen molar-refractivity contribution in [3.8, 4) is 5.75 Å². The van der Waals surface area contributed by atoms with Crippen molar-refractivity contribution in [2.75, 3.05) is 35.3 Å². The molecule has 8 heteroatoms. The van der Waals surface area contributed by atoms with Crippen LogP contribution in [0, 0.1) is 11.6 Å². The average molecular weight is 388 g/mol. The number of nitrogens with zero attached hydrogens (tertiary/aromatic N) is 3. The van der Waals surface area contributed by atoms with Gasteiger partial charge in [-0.25, -0.2) is 13.8 Å². The monoisotopic (exact) mass is 388 g/mol. The number of halogens is 2. The van der Waals surface area contributed by atoms with E-state index in [1.165, 1.54) is 6.07 Å². The predicted molar refractivity (Wildman–Crippen MR) is 103 cm³/mol. The number of carbonyl (C=O) groups is 1. The van der Waals surface area contributed by atoms with Crippen LogP contribution in [0.1, 0.15) is 19.8 Å². The van der Waals surface area contributed by atoms with Gasteiger partial charge in [0.25, 0.3) is 0 Å². The van der Waals surface area contributed by atoms with Gasteiger partial charge in [0, 0.05) is 44.6 Å². The van der Waals surface area contributed by atoms with Crippen LogP contribution in [0.25, 0.3) is 0 Å². The van der Waals surface area contributed by atoms with Gasteiger partial charge in [-0.15, -0.1) is 0 Å². The first-order valence-electron chi connectivity index (χ1n) is 9.34. The summed E-state index contributed by atoms with van der Waals surface area (Å²) in [4.78, 5) is 20.2. The van der Waals surface area contributed by atoms with Crippen molar-refractivity contribution in [3.63, 3.8) is 0 Å². The summed E-state index contributed by atoms with van der Waals surface area (Å²) in [6.07, 6.45) is 3.17. The fourth-order valence-electron chi connectivity index (χ4n) is 3.62. The molecule has 1 aliphatic heterocycles. The van der Waals surface area contributed by atoms with Crippen LogP contribution < -0.4 is 19.9 Å². The van der Waals surface area contributed by atoms with E-state index in [2.05, 4.69) is 10.3 Å². The van der Waals surface area contributed by atoms with Crippen LogP contribution in [0.15, 0.2) is 30.5 Å². The van der Waals surface area contributed by atoms with E-state index in [-0.39, 0.29) is 18.1 Å². The Labute approximate surface area is 162 Å². The van der Waals surface area contributed by atoms with Gasteiger partial charge < -0.3 is 19.9 Å². The molecule has 1 aromatic heterocycles. The SMILES string of the molecule is CCN1C(=O)CN(C)c2cc(N[C@H]3C[C@H](Oc4ccc(F)c(F)c4)C3)ncc21. The normalized spacial score (nSPS) is 21.2. The van der Waals surface area contributed by atoms with Gasteiger partial charge in [-0.3, -0.25) is 4.79 Å². The largest absolute Gasteiger partial charge is 0.490 e. The molecule has 0 atom stereocenters. The Morgan fingerprint density at radius 1 is 1.21 bits per heavy atom. The van der Waals surface area contributed by atoms with Crippen LogP contribution >= 0.6 is 0 Å². The Kier molecular flexibility index (Phi) is 4.78. The highest BCUT2D eigenvalue weighted by molar-refractivity contribution is 6.03. The number of ether oxygens (including phenoxy) is 1. The number of hydrogen-bond donors (Lipinski definition) is 1. The first-order chi connectivity index (χ1) is 13.4. The third-order valence-electron chi connectivity index (χ3n) is 5.19. The van der Waals surface area contributed by atoms with E-state index in [0.717, 1.165) is 42.2 Å². The molecule has 0 bridgehead atoms. The maximum absolute atomic E-state index is 13.3. The van der Waals surface area contributed by atoms with Crippen LogP contribution in [-0.2, 0) is 4.79 Å². The molecule has 148 valence electrons. The van der Waals surface area contributed by atoms with Gasteiger partial charge in [0.05, 0.1) is 24.1 Å². The lowest BCUT2D eigenvalue weighted by molar-refractivity contribution is -0.117. The van der Waals surface area contributed by atoms with Crippen molar-refractivity contribution in [3.05, 3.63) is 42.1 Å². The van der Waals surface area contributed by atoms with Crippen molar-refractivity contribution in [1.82, 2.24) is 4.98 Å². The molecule has 0 spiro atoms. The lowest BCUT2D eigenvalue weighted by Crippen LogP contribution is -2.44. The molecule has 2 aliphatic rings. The predicted octanol–water partition coefficient (Wildman–Crippen LogP) is 3.18. The number of likely N-dealkylation sites (N-methyl/N-ethyl adjacent to an activating group) is 2. The lowest BCUT2D eigenvalue weighted by atomic mass is 9.89. The number of pyridine rings is 1. The summed E-state index contributed by atoms with van der Waals surface area (Å²) in [5, 5.41) is 3.37. The molecule has 1 amide bonds. The van der Waals surface area contributed by atoms with Crippen LogP contribution in [0.4, 0.5) is 26.0 Å². The summed E-state index contributed by atoms with van der Waals surface area (Å²) < 4.78 is 31.9. The maximum Gasteiger partial charge on any atom is 0.246 e. The van der Waals surface area contributed by atoms with Crippen LogP contribution in [-0.4, -0.2) is 43.2 Å². The van der Waals surface area contributed by atoms with Crippen molar-refractivity contribution in [2.24, 2.45) is 0 Å². The summed E-state index contributed by atoms with van der Waals surface area (Å²) in [6, 6.07) is 5.71. The zero-order chi connectivity index (χ0) is 19.8. The summed E-state index contributed by atoms with van der Waals surface area (Å²) in [6.45, 7) is 2.90. The third kappa shape index (κ3) is 3.46. The van der Waals surface area contributed by atoms with E-state index in [4.69, 9.17) is 4.74 Å². The molecule has 1 aromatic carbocycles. The molecule has 4 rings (SSSR count). The van der Waals surface area contributed by atoms with Crippen molar-refractivity contribution < 1.29 is 18.3 Å². The molecule has 1 N–H and O–H groups in total. The Balaban J connectivity index is 1.37. The lowest BCUT2D eigenvalue weighted by Gasteiger charge is -2.37. The van der Waals surface area contributed by atoms with Gasteiger partial charge in [0.15, 0.2) is 11.6 Å². The molecule has 0 saturated heterocycles. The standard InChI is InChI=1S/C20H22F2N4O2/c1-3-26-18-10-23-19(9-17(18)25(2)11-20(26)27)24-12-6-14(7-12)28-13-4-5-15(21)16(22)8-13/h4-5,8-10,12,14H,3,6-7,11H2,1-2H3,(H,23,24)/t12-,14-. The summed E-state index contributed by atoms with van der Waals surface area (Å²) in [5.74, 6) is -0.649. The molecular formula is C20H22F2N4O2. The molecular weight excluding hydrogens is 366 g/mol. The van der Waals surface area contributed by atoms with Gasteiger partial charge >= 0.3 is 0 Å². The second-order valence-electron chi connectivity index (χ2n) is 7.18. The summed E-state index contributed by atoms with van der Waals surface area (Å²) in [5.41, 5.74) is 1.79. The molecule has 0 radical (unpaired) electrons. The number of nitrogens with one attached hydrogen (secondary N) is 1. The number of amides is 1. The van der Waals surface area contributed by atoms with E-state index in [1.54, 1.807) is 11.1 Å². The number of rotatable bonds is 5. The Morgan fingerprint density at radius 2 is 2.00 bits per heavy atom. The topological polar surface area (TPSA) is 57.7 Å². The van der Waals surface area contributed by atoms with Crippen molar-refractivity contribution in [1.29, 1.82) is 0 Å². The number of fused-ring (bicyclic) bond motifs is 1. The molecule has 28 heavy (non-hydrogen) atoms. The fraction of sp³-hybridized carbons (Fsp3) is 0.400. The van der Waals surface area contributed by atoms with Crippen LogP contribution in [0.3, 0.4) is 0 Å². The molecule has 6 nitrogen and oxygen atoms in total. The van der Waals surface area contributed by atoms with E-state index in [9.17, 15) is 13.6 Å². The molecule has 1 aliphatic carbocycles. The molecule has 2 heterocycles. The highest BCUT2D eigenvalue weighted by Gasteiger charge is 2.32. The minimum atomic E-state index is -0.909. The maximum atomic E-state index is 13.3. The molecule has 1 saturated carbocycles. The molecule has 1 fully saturated rings. The van der Waals surface area contributed by atoms with E-state index < -0.39 is 11.6 Å². The zero-order valence-corrected chi connectivity index (χ0v) is 15.8. The quantitative estimate of drug-likeness (QED) is 0.853. The number of carbonyl (C=O) groups excluding carboxylic acids is 1. The van der Waals surface area contributed by atoms with Gasteiger partial charge in [-0.05, 0) is 19.1 Å². The van der Waals surface area contributed by atoms with E-state index >= 15 is 0 Å². The number of anilines is 3. The van der Waals surface area contributed by atoms with Gasteiger partial charge in [0.2, 0.25) is 5.91 Å². The van der Waals surface area contributed by atoms with Gasteiger partial charge in [0.1, 0.15) is 17.7 Å². The minimum Gasteiger partial charge on any atom is -0.490 e. The van der Waals surface area contributed by atoms with Crippen LogP contribution in [0.5, 0.6) is 5.75 Å². The third-order valence-corrected chi connectivity index (χ3v) is 5.19.